The van der Waals surface area contributed by atoms with Crippen LogP contribution in [0.25, 0.3) is 0 Å². The minimum absolute atomic E-state index is 0. The molecule has 11 heavy (non-hydrogen) atoms. The Kier molecular flexibility index (Phi) is 15.2. The van der Waals surface area contributed by atoms with E-state index in [4.69, 9.17) is 11.6 Å². The summed E-state index contributed by atoms with van der Waals surface area (Å²) in [6.07, 6.45) is 0. The zero-order chi connectivity index (χ0) is 7.82. The van der Waals surface area contributed by atoms with Crippen molar-refractivity contribution in [2.45, 2.75) is 0 Å². The number of alkyl halides is 1. The Hall–Kier alpha value is 1.29. The largest absolute Gasteiger partial charge is 2.00 e. The third kappa shape index (κ3) is 11.3. The molecule has 0 nitrogen and oxygen atoms in total. The zero-order valence-corrected chi connectivity index (χ0v) is 13.1. The van der Waals surface area contributed by atoms with Gasteiger partial charge in [-0.3, -0.25) is 0 Å². The van der Waals surface area contributed by atoms with Gasteiger partial charge in [0.15, 0.2) is 0 Å². The van der Waals surface area contributed by atoms with Gasteiger partial charge in [-0.05, 0) is 0 Å². The van der Waals surface area contributed by atoms with Gasteiger partial charge in [0, 0.05) is 0 Å². The molecule has 1 aromatic rings. The van der Waals surface area contributed by atoms with E-state index in [-0.39, 0.29) is 31.1 Å². The maximum Gasteiger partial charge on any atom is 2.00 e. The molecule has 1 rings (SSSR count). The van der Waals surface area contributed by atoms with Crippen molar-refractivity contribution in [3.05, 3.63) is 40.8 Å². The van der Waals surface area contributed by atoms with Crippen molar-refractivity contribution in [1.29, 1.82) is 0 Å². The van der Waals surface area contributed by atoms with Gasteiger partial charge in [-0.25, -0.2) is 0 Å². The van der Waals surface area contributed by atoms with Crippen LogP contribution in [0.15, 0.2) is 24.3 Å². The van der Waals surface area contributed by atoms with Crippen LogP contribution in [0.1, 0.15) is 0 Å². The van der Waals surface area contributed by atoms with Crippen LogP contribution in [-0.2, 0) is 0 Å². The molecule has 0 aliphatic rings. The first-order valence-corrected chi connectivity index (χ1v) is 4.39. The number of benzene rings is 1. The van der Waals surface area contributed by atoms with Crippen molar-refractivity contribution in [2.75, 3.05) is 5.88 Å². The van der Waals surface area contributed by atoms with E-state index in [9.17, 15) is 0 Å². The first-order valence-electron chi connectivity index (χ1n) is 2.78. The maximum absolute atomic E-state index is 4.89. The quantitative estimate of drug-likeness (QED) is 0.289. The van der Waals surface area contributed by atoms with Gasteiger partial charge in [0.2, 0.25) is 0 Å². The second-order valence-electron chi connectivity index (χ2n) is 1.41. The van der Waals surface area contributed by atoms with Crippen LogP contribution in [0.4, 0.5) is 0 Å². The standard InChI is InChI=1S/C6H4I.C2H4Cl.U/c7-6-4-2-1-3-5-6;1-2-3;/h2-5H;1-2H2;/q2*-1;+2. The second kappa shape index (κ2) is 11.3. The summed E-state index contributed by atoms with van der Waals surface area (Å²) < 4.78 is 1.26. The van der Waals surface area contributed by atoms with Crippen LogP contribution in [0.2, 0.25) is 0 Å². The third-order valence-corrected chi connectivity index (χ3v) is 1.40. The summed E-state index contributed by atoms with van der Waals surface area (Å²) in [5, 5.41) is 0. The van der Waals surface area contributed by atoms with E-state index in [1.165, 1.54) is 3.57 Å². The average molecular weight is 505 g/mol. The predicted molar refractivity (Wildman–Crippen MR) is 54.1 cm³/mol. The molecular formula is C8H8ClIU. The minimum atomic E-state index is 0. The molecule has 0 unspecified atom stereocenters. The normalized spacial score (nSPS) is 7.18. The molecule has 0 bridgehead atoms. The molecule has 0 spiro atoms. The summed E-state index contributed by atoms with van der Waals surface area (Å²) in [7, 11) is 0. The Bertz CT molecular complexity index is 155. The Morgan fingerprint density at radius 3 is 2.00 bits per heavy atom. The Morgan fingerprint density at radius 2 is 1.82 bits per heavy atom. The van der Waals surface area contributed by atoms with E-state index in [1.54, 1.807) is 0 Å². The molecule has 1 aromatic carbocycles. The van der Waals surface area contributed by atoms with E-state index in [0.717, 1.165) is 0 Å². The number of hydrogen-bond donors (Lipinski definition) is 0. The maximum atomic E-state index is 4.89. The first-order chi connectivity index (χ1) is 4.81. The summed E-state index contributed by atoms with van der Waals surface area (Å²) in [6, 6.07) is 10.8. The Balaban J connectivity index is 0. The fourth-order valence-electron chi connectivity index (χ4n) is 0.367. The average Bonchev–Trinajstić information content (AvgIpc) is 1.91. The van der Waals surface area contributed by atoms with E-state index in [2.05, 4.69) is 35.6 Å². The van der Waals surface area contributed by atoms with Gasteiger partial charge in [0.25, 0.3) is 0 Å². The molecule has 0 atom stereocenters. The zero-order valence-electron chi connectivity index (χ0n) is 5.98. The van der Waals surface area contributed by atoms with E-state index in [1.807, 2.05) is 24.3 Å². The molecule has 0 N–H and O–H groups in total. The van der Waals surface area contributed by atoms with Crippen LogP contribution < -0.4 is 0 Å². The second-order valence-corrected chi connectivity index (χ2v) is 3.03. The molecule has 3 heteroatoms. The van der Waals surface area contributed by atoms with Crippen LogP contribution in [0, 0.1) is 47.7 Å². The first kappa shape index (κ1) is 14.8. The van der Waals surface area contributed by atoms with Gasteiger partial charge in [0.05, 0.1) is 0 Å². The summed E-state index contributed by atoms with van der Waals surface area (Å²) in [5.41, 5.74) is 0. The predicted octanol–water partition coefficient (Wildman–Crippen LogP) is 3.15. The molecule has 0 saturated heterocycles. The molecule has 58 valence electrons. The van der Waals surface area contributed by atoms with Gasteiger partial charge in [-0.2, -0.15) is 41.9 Å². The van der Waals surface area contributed by atoms with Gasteiger partial charge in [-0.1, -0.05) is 26.2 Å². The number of halogens is 2. The molecule has 0 heterocycles. The van der Waals surface area contributed by atoms with Crippen molar-refractivity contribution >= 4 is 34.2 Å². The Labute approximate surface area is 111 Å². The van der Waals surface area contributed by atoms with Crippen molar-refractivity contribution in [2.24, 2.45) is 0 Å². The van der Waals surface area contributed by atoms with Crippen molar-refractivity contribution in [1.82, 2.24) is 0 Å². The summed E-state index contributed by atoms with van der Waals surface area (Å²) in [4.78, 5) is 0. The van der Waals surface area contributed by atoms with Gasteiger partial charge >= 0.3 is 31.1 Å². The van der Waals surface area contributed by atoms with E-state index in [0.29, 0.717) is 5.88 Å². The fourth-order valence-corrected chi connectivity index (χ4v) is 0.726. The third-order valence-electron chi connectivity index (χ3n) is 0.678. The topological polar surface area (TPSA) is 0 Å². The summed E-state index contributed by atoms with van der Waals surface area (Å²) in [5.74, 6) is 0.472. The van der Waals surface area contributed by atoms with Crippen LogP contribution >= 0.6 is 34.2 Å². The van der Waals surface area contributed by atoms with Gasteiger partial charge < -0.3 is 6.92 Å². The van der Waals surface area contributed by atoms with E-state index < -0.39 is 0 Å². The SMILES string of the molecule is Ic1cc[c-]cc1.[CH2-]CCl.[U+2]. The van der Waals surface area contributed by atoms with Crippen LogP contribution in [0.3, 0.4) is 0 Å². The molecule has 0 fully saturated rings. The molecule has 0 radical (unpaired) electrons. The van der Waals surface area contributed by atoms with Crippen molar-refractivity contribution < 1.29 is 31.1 Å². The fraction of sp³-hybridized carbons (Fsp3) is 0.125. The van der Waals surface area contributed by atoms with Crippen LogP contribution in [-0.4, -0.2) is 5.88 Å². The molecule has 0 saturated carbocycles. The summed E-state index contributed by atoms with van der Waals surface area (Å²) in [6.45, 7) is 3.25. The Morgan fingerprint density at radius 1 is 1.45 bits per heavy atom. The monoisotopic (exact) mass is 504 g/mol. The molecule has 0 aliphatic heterocycles. The van der Waals surface area contributed by atoms with Gasteiger partial charge in [-0.15, -0.1) is 5.88 Å². The van der Waals surface area contributed by atoms with Crippen LogP contribution in [0.5, 0.6) is 0 Å². The smallest absolute Gasteiger partial charge is 0.329 e. The molecular weight excluding hydrogens is 496 g/mol. The van der Waals surface area contributed by atoms with Crippen molar-refractivity contribution in [3.63, 3.8) is 0 Å². The molecule has 0 aliphatic carbocycles. The minimum Gasteiger partial charge on any atom is -0.329 e. The van der Waals surface area contributed by atoms with E-state index >= 15 is 0 Å². The number of rotatable bonds is 0. The summed E-state index contributed by atoms with van der Waals surface area (Å²) >= 11 is 7.15. The molecule has 0 amide bonds. The van der Waals surface area contributed by atoms with Gasteiger partial charge in [0.1, 0.15) is 0 Å². The number of hydrogen-bond acceptors (Lipinski definition) is 0. The molecule has 0 aromatic heterocycles. The van der Waals surface area contributed by atoms with Crippen molar-refractivity contribution in [3.8, 4) is 0 Å².